The van der Waals surface area contributed by atoms with Gasteiger partial charge in [-0.15, -0.1) is 0 Å². The Morgan fingerprint density at radius 1 is 1.24 bits per heavy atom. The molecule has 0 N–H and O–H groups in total. The maximum absolute atomic E-state index is 14.8. The second-order valence-corrected chi connectivity index (χ2v) is 9.76. The minimum absolute atomic E-state index is 0.0650. The SMILES string of the molecule is CCc1c(OCc2ccc(Oc3ccnc(C(F)(F)F)c3)c(F)c2)nc(=O)n2c1N1C[C@@H]3C[C@@]1(CC2)CO3. The zero-order valence-corrected chi connectivity index (χ0v) is 20.4. The molecule has 0 unspecified atom stereocenters. The van der Waals surface area contributed by atoms with Gasteiger partial charge in [-0.2, -0.15) is 18.2 Å². The number of nitrogens with zero attached hydrogens (tertiary/aromatic N) is 4. The molecule has 0 radical (unpaired) electrons. The molecule has 1 spiro atoms. The lowest BCUT2D eigenvalue weighted by Gasteiger charge is -2.45. The van der Waals surface area contributed by atoms with E-state index in [4.69, 9.17) is 14.2 Å². The molecule has 3 aliphatic rings. The summed E-state index contributed by atoms with van der Waals surface area (Å²) in [6, 6.07) is 5.92. The smallest absolute Gasteiger partial charge is 0.433 e. The lowest BCUT2D eigenvalue weighted by atomic mass is 9.92. The van der Waals surface area contributed by atoms with E-state index in [2.05, 4.69) is 14.9 Å². The average Bonchev–Trinajstić information content (AvgIpc) is 3.47. The molecule has 3 aromatic rings. The van der Waals surface area contributed by atoms with E-state index in [0.29, 0.717) is 37.7 Å². The predicted molar refractivity (Wildman–Crippen MR) is 127 cm³/mol. The van der Waals surface area contributed by atoms with Gasteiger partial charge in [-0.05, 0) is 36.6 Å². The first kappa shape index (κ1) is 24.7. The summed E-state index contributed by atoms with van der Waals surface area (Å²) in [6.45, 7) is 3.82. The third kappa shape index (κ3) is 4.16. The Balaban J connectivity index is 1.22. The van der Waals surface area contributed by atoms with E-state index in [0.717, 1.165) is 30.4 Å². The molecule has 2 atom stereocenters. The fourth-order valence-electron chi connectivity index (χ4n) is 5.59. The normalized spacial score (nSPS) is 21.8. The van der Waals surface area contributed by atoms with Gasteiger partial charge in [0.15, 0.2) is 11.6 Å². The molecule has 0 aliphatic carbocycles. The van der Waals surface area contributed by atoms with Crippen LogP contribution in [0.4, 0.5) is 23.4 Å². The average molecular weight is 532 g/mol. The van der Waals surface area contributed by atoms with Crippen molar-refractivity contribution in [3.63, 3.8) is 0 Å². The van der Waals surface area contributed by atoms with Crippen molar-refractivity contribution in [2.75, 3.05) is 18.1 Å². The van der Waals surface area contributed by atoms with Crippen molar-refractivity contribution >= 4 is 5.82 Å². The van der Waals surface area contributed by atoms with Crippen LogP contribution in [0.2, 0.25) is 0 Å². The highest BCUT2D eigenvalue weighted by atomic mass is 19.4. The maximum atomic E-state index is 14.8. The number of aromatic nitrogens is 3. The van der Waals surface area contributed by atoms with Crippen LogP contribution in [0.3, 0.4) is 0 Å². The summed E-state index contributed by atoms with van der Waals surface area (Å²) in [5.74, 6) is -0.183. The zero-order valence-electron chi connectivity index (χ0n) is 20.4. The van der Waals surface area contributed by atoms with Gasteiger partial charge < -0.3 is 19.1 Å². The zero-order chi connectivity index (χ0) is 26.7. The summed E-state index contributed by atoms with van der Waals surface area (Å²) < 4.78 is 72.3. The van der Waals surface area contributed by atoms with E-state index in [1.165, 1.54) is 24.3 Å². The number of benzene rings is 1. The summed E-state index contributed by atoms with van der Waals surface area (Å²) in [5.41, 5.74) is -0.381. The Morgan fingerprint density at radius 3 is 2.82 bits per heavy atom. The van der Waals surface area contributed by atoms with Crippen LogP contribution in [-0.2, 0) is 30.5 Å². The standard InChI is InChI=1S/C26H24F4N4O4/c1-2-18-22(32-24(35)33-8-6-25-11-17(37-14-25)12-34(25)23(18)33)36-13-15-3-4-20(19(27)9-15)38-16-5-7-31-21(10-16)26(28,29)30/h3-5,7,9-10,17H,2,6,8,11-14H2,1H3/t17-,25-/m0/s1. The quantitative estimate of drug-likeness (QED) is 0.433. The summed E-state index contributed by atoms with van der Waals surface area (Å²) in [6.07, 6.45) is -1.20. The lowest BCUT2D eigenvalue weighted by Crippen LogP contribution is -2.55. The van der Waals surface area contributed by atoms with Crippen molar-refractivity contribution in [2.24, 2.45) is 0 Å². The van der Waals surface area contributed by atoms with E-state index in [-0.39, 0.29) is 35.6 Å². The van der Waals surface area contributed by atoms with Crippen molar-refractivity contribution in [1.29, 1.82) is 0 Å². The Morgan fingerprint density at radius 2 is 2.08 bits per heavy atom. The van der Waals surface area contributed by atoms with Crippen molar-refractivity contribution in [3.05, 3.63) is 69.7 Å². The van der Waals surface area contributed by atoms with Gasteiger partial charge in [0, 0.05) is 31.8 Å². The van der Waals surface area contributed by atoms with E-state index in [9.17, 15) is 22.4 Å². The van der Waals surface area contributed by atoms with Crippen molar-refractivity contribution in [1.82, 2.24) is 14.5 Å². The van der Waals surface area contributed by atoms with Crippen LogP contribution >= 0.6 is 0 Å². The molecular formula is C26H24F4N4O4. The number of ether oxygens (including phenoxy) is 3. The third-order valence-corrected chi connectivity index (χ3v) is 7.40. The maximum Gasteiger partial charge on any atom is 0.433 e. The molecule has 2 fully saturated rings. The van der Waals surface area contributed by atoms with Crippen LogP contribution in [0, 0.1) is 5.82 Å². The minimum Gasteiger partial charge on any atom is -0.472 e. The number of hydrogen-bond donors (Lipinski definition) is 0. The summed E-state index contributed by atoms with van der Waals surface area (Å²) in [4.78, 5) is 22.6. The Bertz CT molecular complexity index is 1460. The van der Waals surface area contributed by atoms with Gasteiger partial charge in [-0.1, -0.05) is 13.0 Å². The molecule has 0 amide bonds. The number of fused-ring (bicyclic) bond motifs is 3. The van der Waals surface area contributed by atoms with Crippen molar-refractivity contribution in [2.45, 2.75) is 57.2 Å². The second kappa shape index (κ2) is 8.97. The van der Waals surface area contributed by atoms with Crippen LogP contribution in [-0.4, -0.2) is 39.3 Å². The van der Waals surface area contributed by atoms with Crippen molar-refractivity contribution in [3.8, 4) is 17.4 Å². The number of hydrogen-bond acceptors (Lipinski definition) is 7. The molecular weight excluding hydrogens is 508 g/mol. The van der Waals surface area contributed by atoms with Crippen LogP contribution in [0.15, 0.2) is 41.3 Å². The fourth-order valence-corrected chi connectivity index (χ4v) is 5.59. The summed E-state index contributed by atoms with van der Waals surface area (Å²) >= 11 is 0. The number of rotatable bonds is 6. The second-order valence-electron chi connectivity index (χ2n) is 9.76. The molecule has 8 nitrogen and oxygen atoms in total. The Labute approximate surface area is 214 Å². The van der Waals surface area contributed by atoms with Gasteiger partial charge in [-0.3, -0.25) is 9.55 Å². The molecule has 200 valence electrons. The lowest BCUT2D eigenvalue weighted by molar-refractivity contribution is -0.141. The highest BCUT2D eigenvalue weighted by Gasteiger charge is 2.55. The van der Waals surface area contributed by atoms with Crippen LogP contribution in [0.25, 0.3) is 0 Å². The molecule has 1 aromatic carbocycles. The summed E-state index contributed by atoms with van der Waals surface area (Å²) in [5, 5.41) is 0. The van der Waals surface area contributed by atoms with E-state index in [1.54, 1.807) is 4.57 Å². The molecule has 3 aliphatic heterocycles. The van der Waals surface area contributed by atoms with Gasteiger partial charge in [0.1, 0.15) is 23.9 Å². The van der Waals surface area contributed by atoms with Gasteiger partial charge in [0.2, 0.25) is 5.88 Å². The third-order valence-electron chi connectivity index (χ3n) is 7.40. The number of anilines is 1. The number of halogens is 4. The molecule has 5 heterocycles. The first-order valence-corrected chi connectivity index (χ1v) is 12.3. The van der Waals surface area contributed by atoms with Crippen LogP contribution in [0.1, 0.15) is 36.6 Å². The highest BCUT2D eigenvalue weighted by Crippen LogP contribution is 2.47. The predicted octanol–water partition coefficient (Wildman–Crippen LogP) is 4.48. The van der Waals surface area contributed by atoms with E-state index in [1.807, 2.05) is 6.92 Å². The Kier molecular flexibility index (Phi) is 5.82. The van der Waals surface area contributed by atoms with Gasteiger partial charge in [0.25, 0.3) is 0 Å². The highest BCUT2D eigenvalue weighted by molar-refractivity contribution is 5.57. The monoisotopic (exact) mass is 532 g/mol. The molecule has 38 heavy (non-hydrogen) atoms. The van der Waals surface area contributed by atoms with Gasteiger partial charge in [0.05, 0.1) is 23.8 Å². The fraction of sp³-hybridized carbons (Fsp3) is 0.423. The van der Waals surface area contributed by atoms with E-state index >= 15 is 0 Å². The molecule has 0 saturated carbocycles. The summed E-state index contributed by atoms with van der Waals surface area (Å²) in [7, 11) is 0. The first-order chi connectivity index (χ1) is 18.2. The molecule has 2 aromatic heterocycles. The largest absolute Gasteiger partial charge is 0.472 e. The van der Waals surface area contributed by atoms with Crippen LogP contribution < -0.4 is 20.1 Å². The first-order valence-electron chi connectivity index (χ1n) is 12.3. The molecule has 6 rings (SSSR count). The number of morpholine rings is 1. The number of pyridine rings is 1. The topological polar surface area (TPSA) is 78.7 Å². The molecule has 12 heteroatoms. The van der Waals surface area contributed by atoms with Gasteiger partial charge in [-0.25, -0.2) is 9.18 Å². The van der Waals surface area contributed by atoms with Crippen LogP contribution in [0.5, 0.6) is 17.4 Å². The molecule has 2 saturated heterocycles. The number of alkyl halides is 3. The minimum atomic E-state index is -4.65. The molecule has 2 bridgehead atoms. The van der Waals surface area contributed by atoms with E-state index < -0.39 is 23.4 Å². The van der Waals surface area contributed by atoms with Gasteiger partial charge >= 0.3 is 11.9 Å². The Hall–Kier alpha value is -3.67. The van der Waals surface area contributed by atoms with Crippen molar-refractivity contribution < 1.29 is 31.8 Å².